The van der Waals surface area contributed by atoms with E-state index in [9.17, 15) is 8.42 Å². The van der Waals surface area contributed by atoms with Gasteiger partial charge in [-0.15, -0.1) is 0 Å². The molecule has 0 aliphatic carbocycles. The number of rotatable bonds is 7. The summed E-state index contributed by atoms with van der Waals surface area (Å²) in [5, 5.41) is 9.12. The van der Waals surface area contributed by atoms with Crippen molar-refractivity contribution in [3.63, 3.8) is 0 Å². The van der Waals surface area contributed by atoms with E-state index in [0.29, 0.717) is 19.5 Å². The van der Waals surface area contributed by atoms with Gasteiger partial charge >= 0.3 is 0 Å². The molecule has 6 heteroatoms. The summed E-state index contributed by atoms with van der Waals surface area (Å²) >= 11 is 0. The van der Waals surface area contributed by atoms with Crippen molar-refractivity contribution in [1.29, 1.82) is 0 Å². The molecule has 0 aliphatic heterocycles. The maximum absolute atomic E-state index is 11.5. The minimum absolute atomic E-state index is 0.130. The predicted octanol–water partition coefficient (Wildman–Crippen LogP) is 0.179. The molecule has 0 aromatic carbocycles. The topological polar surface area (TPSA) is 69.6 Å². The Morgan fingerprint density at radius 1 is 1.40 bits per heavy atom. The molecule has 5 nitrogen and oxygen atoms in total. The summed E-state index contributed by atoms with van der Waals surface area (Å²) in [7, 11) is -1.81. The Morgan fingerprint density at radius 3 is 2.33 bits per heavy atom. The second-order valence-electron chi connectivity index (χ2n) is 3.96. The van der Waals surface area contributed by atoms with Crippen LogP contribution in [0.4, 0.5) is 0 Å². The van der Waals surface area contributed by atoms with Crippen LogP contribution in [0.2, 0.25) is 0 Å². The molecule has 0 radical (unpaired) electrons. The van der Waals surface area contributed by atoms with Gasteiger partial charge in [0.25, 0.3) is 10.2 Å². The summed E-state index contributed by atoms with van der Waals surface area (Å²) in [4.78, 5) is 0. The second kappa shape index (κ2) is 6.42. The van der Waals surface area contributed by atoms with Crippen LogP contribution in [0.5, 0.6) is 0 Å². The summed E-state index contributed by atoms with van der Waals surface area (Å²) in [6.07, 6.45) is 0.201. The summed E-state index contributed by atoms with van der Waals surface area (Å²) in [5.74, 6) is 0.130. The quantitative estimate of drug-likeness (QED) is 0.665. The molecule has 2 N–H and O–H groups in total. The lowest BCUT2D eigenvalue weighted by Gasteiger charge is -2.18. The average molecular weight is 238 g/mol. The standard InChI is InChI=1S/C9H22N2O3S/c1-5-11(4)15(13,14)10-7-8(2)6-9(3)12/h8-10,12H,5-7H2,1-4H3. The van der Waals surface area contributed by atoms with Crippen LogP contribution < -0.4 is 4.72 Å². The number of nitrogens with zero attached hydrogens (tertiary/aromatic N) is 1. The van der Waals surface area contributed by atoms with Gasteiger partial charge in [0.15, 0.2) is 0 Å². The first-order chi connectivity index (χ1) is 6.79. The SMILES string of the molecule is CCN(C)S(=O)(=O)NCC(C)CC(C)O. The van der Waals surface area contributed by atoms with Gasteiger partial charge in [0.1, 0.15) is 0 Å². The number of hydrogen-bond donors (Lipinski definition) is 2. The Kier molecular flexibility index (Phi) is 6.35. The molecule has 0 saturated carbocycles. The molecule has 0 aromatic rings. The zero-order valence-electron chi connectivity index (χ0n) is 9.90. The zero-order valence-corrected chi connectivity index (χ0v) is 10.7. The second-order valence-corrected chi connectivity index (χ2v) is 5.82. The fraction of sp³-hybridized carbons (Fsp3) is 1.00. The van der Waals surface area contributed by atoms with Crippen molar-refractivity contribution >= 4 is 10.2 Å². The largest absolute Gasteiger partial charge is 0.393 e. The van der Waals surface area contributed by atoms with Crippen molar-refractivity contribution in [1.82, 2.24) is 9.03 Å². The smallest absolute Gasteiger partial charge is 0.279 e. The first-order valence-electron chi connectivity index (χ1n) is 5.18. The monoisotopic (exact) mass is 238 g/mol. The molecule has 92 valence electrons. The molecule has 0 aliphatic rings. The molecule has 0 bridgehead atoms. The molecule has 0 aromatic heterocycles. The third-order valence-corrected chi connectivity index (χ3v) is 3.82. The molecule has 0 fully saturated rings. The molecule has 2 atom stereocenters. The predicted molar refractivity (Wildman–Crippen MR) is 60.7 cm³/mol. The van der Waals surface area contributed by atoms with Gasteiger partial charge in [-0.1, -0.05) is 13.8 Å². The Morgan fingerprint density at radius 2 is 1.93 bits per heavy atom. The average Bonchev–Trinajstić information content (AvgIpc) is 2.12. The lowest BCUT2D eigenvalue weighted by molar-refractivity contribution is 0.164. The molecule has 15 heavy (non-hydrogen) atoms. The summed E-state index contributed by atoms with van der Waals surface area (Å²) in [6, 6.07) is 0. The van der Waals surface area contributed by atoms with E-state index >= 15 is 0 Å². The number of aliphatic hydroxyl groups excluding tert-OH is 1. The van der Waals surface area contributed by atoms with E-state index in [4.69, 9.17) is 5.11 Å². The molecule has 0 saturated heterocycles. The van der Waals surface area contributed by atoms with Gasteiger partial charge in [0.05, 0.1) is 6.10 Å². The highest BCUT2D eigenvalue weighted by molar-refractivity contribution is 7.87. The normalized spacial score (nSPS) is 16.7. The van der Waals surface area contributed by atoms with Gasteiger partial charge in [-0.25, -0.2) is 4.72 Å². The van der Waals surface area contributed by atoms with E-state index < -0.39 is 16.3 Å². The molecule has 0 heterocycles. The molecule has 0 amide bonds. The van der Waals surface area contributed by atoms with E-state index in [-0.39, 0.29) is 5.92 Å². The van der Waals surface area contributed by atoms with Crippen molar-refractivity contribution in [3.8, 4) is 0 Å². The number of nitrogens with one attached hydrogen (secondary N) is 1. The van der Waals surface area contributed by atoms with Crippen molar-refractivity contribution < 1.29 is 13.5 Å². The highest BCUT2D eigenvalue weighted by Gasteiger charge is 2.16. The molecule has 0 spiro atoms. The Hall–Kier alpha value is -0.170. The van der Waals surface area contributed by atoms with Gasteiger partial charge in [0.2, 0.25) is 0 Å². The van der Waals surface area contributed by atoms with Gasteiger partial charge < -0.3 is 5.11 Å². The Labute approximate surface area is 92.7 Å². The number of hydrogen-bond acceptors (Lipinski definition) is 3. The van der Waals surface area contributed by atoms with Crippen LogP contribution in [0.3, 0.4) is 0 Å². The van der Waals surface area contributed by atoms with Crippen LogP contribution in [-0.2, 0) is 10.2 Å². The maximum Gasteiger partial charge on any atom is 0.279 e. The van der Waals surface area contributed by atoms with E-state index in [0.717, 1.165) is 0 Å². The van der Waals surface area contributed by atoms with Gasteiger partial charge in [-0.2, -0.15) is 12.7 Å². The fourth-order valence-corrected chi connectivity index (χ4v) is 2.25. The molecule has 2 unspecified atom stereocenters. The van der Waals surface area contributed by atoms with Crippen molar-refractivity contribution in [2.24, 2.45) is 5.92 Å². The maximum atomic E-state index is 11.5. The van der Waals surface area contributed by atoms with E-state index in [1.165, 1.54) is 11.4 Å². The van der Waals surface area contributed by atoms with Crippen LogP contribution in [0, 0.1) is 5.92 Å². The summed E-state index contributed by atoms with van der Waals surface area (Å²) in [5.41, 5.74) is 0. The van der Waals surface area contributed by atoms with Crippen LogP contribution in [0.15, 0.2) is 0 Å². The van der Waals surface area contributed by atoms with Crippen LogP contribution in [0.1, 0.15) is 27.2 Å². The highest BCUT2D eigenvalue weighted by atomic mass is 32.2. The third kappa shape index (κ3) is 6.09. The number of aliphatic hydroxyl groups is 1. The molecule has 0 rings (SSSR count). The summed E-state index contributed by atoms with van der Waals surface area (Å²) in [6.45, 7) is 6.18. The zero-order chi connectivity index (χ0) is 12.1. The van der Waals surface area contributed by atoms with E-state index in [1.807, 2.05) is 6.92 Å². The van der Waals surface area contributed by atoms with E-state index in [1.54, 1.807) is 13.8 Å². The minimum atomic E-state index is -3.34. The van der Waals surface area contributed by atoms with Crippen molar-refractivity contribution in [3.05, 3.63) is 0 Å². The minimum Gasteiger partial charge on any atom is -0.393 e. The third-order valence-electron chi connectivity index (χ3n) is 2.21. The van der Waals surface area contributed by atoms with Gasteiger partial charge in [-0.05, 0) is 19.3 Å². The van der Waals surface area contributed by atoms with Crippen LogP contribution >= 0.6 is 0 Å². The molecular formula is C9H22N2O3S. The first-order valence-corrected chi connectivity index (χ1v) is 6.62. The van der Waals surface area contributed by atoms with E-state index in [2.05, 4.69) is 4.72 Å². The fourth-order valence-electron chi connectivity index (χ4n) is 1.19. The van der Waals surface area contributed by atoms with Crippen LogP contribution in [-0.4, -0.2) is 44.1 Å². The van der Waals surface area contributed by atoms with Gasteiger partial charge in [0, 0.05) is 20.1 Å². The lowest BCUT2D eigenvalue weighted by atomic mass is 10.1. The first kappa shape index (κ1) is 14.8. The van der Waals surface area contributed by atoms with Gasteiger partial charge in [-0.3, -0.25) is 0 Å². The lowest BCUT2D eigenvalue weighted by Crippen LogP contribution is -2.40. The Bertz CT molecular complexity index is 265. The molecular weight excluding hydrogens is 216 g/mol. The summed E-state index contributed by atoms with van der Waals surface area (Å²) < 4.78 is 26.8. The van der Waals surface area contributed by atoms with Crippen molar-refractivity contribution in [2.45, 2.75) is 33.3 Å². The van der Waals surface area contributed by atoms with Crippen molar-refractivity contribution in [2.75, 3.05) is 20.1 Å². The van der Waals surface area contributed by atoms with Crippen LogP contribution in [0.25, 0.3) is 0 Å². The highest BCUT2D eigenvalue weighted by Crippen LogP contribution is 2.05. The Balaban J connectivity index is 4.04.